The molecule has 0 radical (unpaired) electrons. The van der Waals surface area contributed by atoms with E-state index in [0.717, 1.165) is 29.8 Å². The smallest absolute Gasteiger partial charge is 0.203 e. The molecule has 1 saturated heterocycles. The van der Waals surface area contributed by atoms with Gasteiger partial charge in [0.25, 0.3) is 0 Å². The number of morpholine rings is 1. The van der Waals surface area contributed by atoms with Crippen molar-refractivity contribution < 1.29 is 4.74 Å². The fourth-order valence-electron chi connectivity index (χ4n) is 1.17. The molecule has 0 bridgehead atoms. The van der Waals surface area contributed by atoms with Crippen LogP contribution in [0.25, 0.3) is 0 Å². The molecule has 2 heterocycles. The van der Waals surface area contributed by atoms with Crippen molar-refractivity contribution in [3.8, 4) is 0 Å². The molecule has 2 rings (SSSR count). The third-order valence-electron chi connectivity index (χ3n) is 1.82. The van der Waals surface area contributed by atoms with Crippen molar-refractivity contribution in [1.29, 1.82) is 0 Å². The molecule has 7 heteroatoms. The van der Waals surface area contributed by atoms with Gasteiger partial charge in [0.15, 0.2) is 4.34 Å². The SMILES string of the molecule is Nc1nnc(SCC2CNCCO2)s1. The van der Waals surface area contributed by atoms with Gasteiger partial charge in [0, 0.05) is 18.8 Å². The van der Waals surface area contributed by atoms with Crippen LogP contribution >= 0.6 is 23.1 Å². The lowest BCUT2D eigenvalue weighted by molar-refractivity contribution is 0.0441. The van der Waals surface area contributed by atoms with E-state index in [1.807, 2.05) is 0 Å². The van der Waals surface area contributed by atoms with E-state index in [9.17, 15) is 0 Å². The number of hydrogen-bond acceptors (Lipinski definition) is 7. The van der Waals surface area contributed by atoms with Crippen LogP contribution in [0.3, 0.4) is 0 Å². The number of hydrogen-bond donors (Lipinski definition) is 2. The fraction of sp³-hybridized carbons (Fsp3) is 0.714. The van der Waals surface area contributed by atoms with Crippen LogP contribution in [-0.2, 0) is 4.74 Å². The number of aromatic nitrogens is 2. The van der Waals surface area contributed by atoms with Crippen LogP contribution in [0.4, 0.5) is 5.13 Å². The Hall–Kier alpha value is -0.370. The largest absolute Gasteiger partial charge is 0.375 e. The maximum absolute atomic E-state index is 5.55. The molecule has 3 N–H and O–H groups in total. The predicted molar refractivity (Wildman–Crippen MR) is 57.7 cm³/mol. The topological polar surface area (TPSA) is 73.1 Å². The van der Waals surface area contributed by atoms with Crippen molar-refractivity contribution >= 4 is 28.2 Å². The highest BCUT2D eigenvalue weighted by Crippen LogP contribution is 2.24. The lowest BCUT2D eigenvalue weighted by atomic mass is 10.3. The van der Waals surface area contributed by atoms with Crippen molar-refractivity contribution in [2.24, 2.45) is 0 Å². The van der Waals surface area contributed by atoms with Crippen LogP contribution < -0.4 is 11.1 Å². The zero-order valence-corrected chi connectivity index (χ0v) is 9.24. The fourth-order valence-corrected chi connectivity index (χ4v) is 2.85. The van der Waals surface area contributed by atoms with Crippen molar-refractivity contribution in [2.45, 2.75) is 10.4 Å². The highest BCUT2D eigenvalue weighted by atomic mass is 32.2. The summed E-state index contributed by atoms with van der Waals surface area (Å²) in [4.78, 5) is 0. The van der Waals surface area contributed by atoms with Crippen LogP contribution in [0.5, 0.6) is 0 Å². The van der Waals surface area contributed by atoms with Gasteiger partial charge >= 0.3 is 0 Å². The molecule has 0 aliphatic carbocycles. The van der Waals surface area contributed by atoms with E-state index in [0.29, 0.717) is 5.13 Å². The predicted octanol–water partition coefficient (Wildman–Crippen LogP) is 0.201. The second-order valence-electron chi connectivity index (χ2n) is 2.91. The maximum Gasteiger partial charge on any atom is 0.203 e. The third kappa shape index (κ3) is 2.81. The summed E-state index contributed by atoms with van der Waals surface area (Å²) >= 11 is 3.07. The number of rotatable bonds is 3. The second-order valence-corrected chi connectivity index (χ2v) is 5.19. The Morgan fingerprint density at radius 3 is 3.21 bits per heavy atom. The van der Waals surface area contributed by atoms with Crippen molar-refractivity contribution in [1.82, 2.24) is 15.5 Å². The first-order valence-electron chi connectivity index (χ1n) is 4.38. The van der Waals surface area contributed by atoms with Gasteiger partial charge in [-0.1, -0.05) is 23.1 Å². The van der Waals surface area contributed by atoms with Gasteiger partial charge < -0.3 is 15.8 Å². The molecular formula is C7H12N4OS2. The van der Waals surface area contributed by atoms with E-state index < -0.39 is 0 Å². The van der Waals surface area contributed by atoms with Gasteiger partial charge in [-0.25, -0.2) is 0 Å². The molecular weight excluding hydrogens is 220 g/mol. The summed E-state index contributed by atoms with van der Waals surface area (Å²) < 4.78 is 6.46. The number of nitrogens with two attached hydrogens (primary N) is 1. The number of nitrogens with zero attached hydrogens (tertiary/aromatic N) is 2. The minimum atomic E-state index is 0.277. The summed E-state index contributed by atoms with van der Waals surface area (Å²) in [6.45, 7) is 2.66. The lowest BCUT2D eigenvalue weighted by Gasteiger charge is -2.22. The minimum Gasteiger partial charge on any atom is -0.375 e. The molecule has 0 saturated carbocycles. The molecule has 1 aromatic rings. The van der Waals surface area contributed by atoms with Crippen molar-refractivity contribution in [3.63, 3.8) is 0 Å². The number of ether oxygens (including phenoxy) is 1. The first-order valence-corrected chi connectivity index (χ1v) is 6.19. The van der Waals surface area contributed by atoms with Gasteiger partial charge in [-0.2, -0.15) is 0 Å². The van der Waals surface area contributed by atoms with Gasteiger partial charge in [0.2, 0.25) is 5.13 Å². The van der Waals surface area contributed by atoms with E-state index >= 15 is 0 Å². The summed E-state index contributed by atoms with van der Waals surface area (Å²) in [5.41, 5.74) is 5.48. The van der Waals surface area contributed by atoms with Crippen LogP contribution in [0, 0.1) is 0 Å². The van der Waals surface area contributed by atoms with Crippen LogP contribution in [0.2, 0.25) is 0 Å². The minimum absolute atomic E-state index is 0.277. The summed E-state index contributed by atoms with van der Waals surface area (Å²) in [5, 5.41) is 11.5. The molecule has 1 fully saturated rings. The molecule has 1 unspecified atom stereocenters. The Morgan fingerprint density at radius 1 is 1.64 bits per heavy atom. The highest BCUT2D eigenvalue weighted by Gasteiger charge is 2.14. The average Bonchev–Trinajstić information content (AvgIpc) is 2.63. The first kappa shape index (κ1) is 10.2. The Morgan fingerprint density at radius 2 is 2.57 bits per heavy atom. The molecule has 1 atom stereocenters. The monoisotopic (exact) mass is 232 g/mol. The van der Waals surface area contributed by atoms with Gasteiger partial charge in [-0.3, -0.25) is 0 Å². The Labute approximate surface area is 90.4 Å². The van der Waals surface area contributed by atoms with Gasteiger partial charge in [0.05, 0.1) is 12.7 Å². The molecule has 14 heavy (non-hydrogen) atoms. The number of nitrogen functional groups attached to an aromatic ring is 1. The molecule has 1 aliphatic rings. The van der Waals surface area contributed by atoms with Crippen LogP contribution in [-0.4, -0.2) is 41.8 Å². The molecule has 5 nitrogen and oxygen atoms in total. The molecule has 78 valence electrons. The van der Waals surface area contributed by atoms with Gasteiger partial charge in [0.1, 0.15) is 0 Å². The highest BCUT2D eigenvalue weighted by molar-refractivity contribution is 8.01. The summed E-state index contributed by atoms with van der Waals surface area (Å²) in [6, 6.07) is 0. The Bertz CT molecular complexity index is 287. The summed E-state index contributed by atoms with van der Waals surface area (Å²) in [6.07, 6.45) is 0.277. The lowest BCUT2D eigenvalue weighted by Crippen LogP contribution is -2.39. The third-order valence-corrected chi connectivity index (χ3v) is 3.84. The van der Waals surface area contributed by atoms with Crippen LogP contribution in [0.1, 0.15) is 0 Å². The maximum atomic E-state index is 5.55. The van der Waals surface area contributed by atoms with E-state index in [-0.39, 0.29) is 6.10 Å². The van der Waals surface area contributed by atoms with Crippen molar-refractivity contribution in [3.05, 3.63) is 0 Å². The molecule has 0 spiro atoms. The second kappa shape index (κ2) is 4.92. The normalized spacial score (nSPS) is 22.4. The van der Waals surface area contributed by atoms with Gasteiger partial charge in [-0.15, -0.1) is 10.2 Å². The molecule has 0 amide bonds. The standard InChI is InChI=1S/C7H12N4OS2/c8-6-10-11-7(14-6)13-4-5-3-9-1-2-12-5/h5,9H,1-4H2,(H2,8,10). The zero-order chi connectivity index (χ0) is 9.80. The Kier molecular flexibility index (Phi) is 3.57. The number of thioether (sulfide) groups is 1. The quantitative estimate of drug-likeness (QED) is 0.725. The molecule has 1 aliphatic heterocycles. The molecule has 1 aromatic heterocycles. The van der Waals surface area contributed by atoms with Crippen LogP contribution in [0.15, 0.2) is 4.34 Å². The number of nitrogens with one attached hydrogen (secondary N) is 1. The van der Waals surface area contributed by atoms with Gasteiger partial charge in [-0.05, 0) is 0 Å². The summed E-state index contributed by atoms with van der Waals surface area (Å²) in [7, 11) is 0. The molecule has 0 aromatic carbocycles. The number of anilines is 1. The Balaban J connectivity index is 1.76. The average molecular weight is 232 g/mol. The van der Waals surface area contributed by atoms with E-state index in [2.05, 4.69) is 15.5 Å². The van der Waals surface area contributed by atoms with E-state index in [1.165, 1.54) is 11.3 Å². The van der Waals surface area contributed by atoms with E-state index in [4.69, 9.17) is 10.5 Å². The first-order chi connectivity index (χ1) is 6.84. The summed E-state index contributed by atoms with van der Waals surface area (Å²) in [5.74, 6) is 0.904. The zero-order valence-electron chi connectivity index (χ0n) is 7.60. The van der Waals surface area contributed by atoms with E-state index in [1.54, 1.807) is 11.8 Å². The van der Waals surface area contributed by atoms with Crippen molar-refractivity contribution in [2.75, 3.05) is 31.2 Å².